The van der Waals surface area contributed by atoms with Gasteiger partial charge in [0.15, 0.2) is 0 Å². The molecule has 0 radical (unpaired) electrons. The summed E-state index contributed by atoms with van der Waals surface area (Å²) < 4.78 is 52.6. The SMILES string of the molecule is Cl.O=S(=O)(NC1CCCNC1)c1cc(F)ccc1F. The van der Waals surface area contributed by atoms with E-state index in [2.05, 4.69) is 10.0 Å². The predicted octanol–water partition coefficient (Wildman–Crippen LogP) is 1.42. The molecule has 19 heavy (non-hydrogen) atoms. The molecule has 0 spiro atoms. The molecule has 1 atom stereocenters. The Labute approximate surface area is 117 Å². The quantitative estimate of drug-likeness (QED) is 0.887. The lowest BCUT2D eigenvalue weighted by molar-refractivity contribution is 0.427. The van der Waals surface area contributed by atoms with Crippen LogP contribution in [0.3, 0.4) is 0 Å². The number of piperidine rings is 1. The minimum absolute atomic E-state index is 0. The van der Waals surface area contributed by atoms with Crippen molar-refractivity contribution in [2.24, 2.45) is 0 Å². The van der Waals surface area contributed by atoms with E-state index in [0.717, 1.165) is 25.1 Å². The molecule has 1 saturated heterocycles. The van der Waals surface area contributed by atoms with Gasteiger partial charge in [-0.25, -0.2) is 21.9 Å². The molecule has 1 aromatic rings. The number of hydrogen-bond donors (Lipinski definition) is 2. The molecule has 0 bridgehead atoms. The summed E-state index contributed by atoms with van der Waals surface area (Å²) in [5.41, 5.74) is 0. The van der Waals surface area contributed by atoms with Crippen molar-refractivity contribution in [2.75, 3.05) is 13.1 Å². The summed E-state index contributed by atoms with van der Waals surface area (Å²) in [6.45, 7) is 1.34. The highest BCUT2D eigenvalue weighted by Crippen LogP contribution is 2.17. The van der Waals surface area contributed by atoms with Gasteiger partial charge in [0, 0.05) is 12.6 Å². The van der Waals surface area contributed by atoms with Crippen molar-refractivity contribution < 1.29 is 17.2 Å². The van der Waals surface area contributed by atoms with Crippen LogP contribution >= 0.6 is 12.4 Å². The van der Waals surface area contributed by atoms with Crippen LogP contribution in [0.1, 0.15) is 12.8 Å². The summed E-state index contributed by atoms with van der Waals surface area (Å²) in [6.07, 6.45) is 1.53. The largest absolute Gasteiger partial charge is 0.315 e. The van der Waals surface area contributed by atoms with Gasteiger partial charge in [-0.15, -0.1) is 12.4 Å². The first-order valence-corrected chi connectivity index (χ1v) is 7.15. The first-order valence-electron chi connectivity index (χ1n) is 5.67. The summed E-state index contributed by atoms with van der Waals surface area (Å²) >= 11 is 0. The minimum atomic E-state index is -4.02. The highest BCUT2D eigenvalue weighted by atomic mass is 35.5. The average Bonchev–Trinajstić information content (AvgIpc) is 2.33. The normalized spacial score (nSPS) is 19.8. The first kappa shape index (κ1) is 16.3. The van der Waals surface area contributed by atoms with E-state index in [1.807, 2.05) is 0 Å². The zero-order valence-electron chi connectivity index (χ0n) is 10.0. The van der Waals surface area contributed by atoms with Crippen LogP contribution in [0.2, 0.25) is 0 Å². The Hall–Kier alpha value is -0.760. The number of rotatable bonds is 3. The van der Waals surface area contributed by atoms with Gasteiger partial charge in [0.05, 0.1) is 0 Å². The summed E-state index contributed by atoms with van der Waals surface area (Å²) in [5, 5.41) is 3.04. The van der Waals surface area contributed by atoms with Gasteiger partial charge >= 0.3 is 0 Å². The van der Waals surface area contributed by atoms with Crippen molar-refractivity contribution >= 4 is 22.4 Å². The zero-order chi connectivity index (χ0) is 13.2. The van der Waals surface area contributed by atoms with Crippen molar-refractivity contribution in [2.45, 2.75) is 23.8 Å². The van der Waals surface area contributed by atoms with Crippen molar-refractivity contribution in [1.29, 1.82) is 0 Å². The van der Waals surface area contributed by atoms with Crippen LogP contribution in [0, 0.1) is 11.6 Å². The van der Waals surface area contributed by atoms with Crippen LogP contribution in [0.25, 0.3) is 0 Å². The number of halogens is 3. The lowest BCUT2D eigenvalue weighted by Crippen LogP contribution is -2.45. The molecule has 1 heterocycles. The van der Waals surface area contributed by atoms with Crippen LogP contribution in [0.15, 0.2) is 23.1 Å². The molecule has 1 aliphatic rings. The van der Waals surface area contributed by atoms with E-state index < -0.39 is 26.6 Å². The molecule has 0 saturated carbocycles. The molecule has 0 amide bonds. The third-order valence-electron chi connectivity index (χ3n) is 2.80. The van der Waals surface area contributed by atoms with Crippen LogP contribution in [0.4, 0.5) is 8.78 Å². The fraction of sp³-hybridized carbons (Fsp3) is 0.455. The molecule has 1 aromatic carbocycles. The molecule has 1 unspecified atom stereocenters. The standard InChI is InChI=1S/C11H14F2N2O2S.ClH/c12-8-3-4-10(13)11(6-8)18(16,17)15-9-2-1-5-14-7-9;/h3-4,6,9,14-15H,1-2,5,7H2;1H. The van der Waals surface area contributed by atoms with Crippen molar-refractivity contribution in [1.82, 2.24) is 10.0 Å². The lowest BCUT2D eigenvalue weighted by Gasteiger charge is -2.23. The maximum Gasteiger partial charge on any atom is 0.243 e. The molecule has 2 N–H and O–H groups in total. The number of sulfonamides is 1. The Kier molecular flexibility index (Phi) is 5.66. The van der Waals surface area contributed by atoms with Crippen molar-refractivity contribution in [3.05, 3.63) is 29.8 Å². The Morgan fingerprint density at radius 2 is 2.05 bits per heavy atom. The Bertz CT molecular complexity index is 533. The number of benzene rings is 1. The van der Waals surface area contributed by atoms with Crippen molar-refractivity contribution in [3.63, 3.8) is 0 Å². The fourth-order valence-electron chi connectivity index (χ4n) is 1.92. The topological polar surface area (TPSA) is 58.2 Å². The minimum Gasteiger partial charge on any atom is -0.315 e. The lowest BCUT2D eigenvalue weighted by atomic mass is 10.1. The Morgan fingerprint density at radius 1 is 1.32 bits per heavy atom. The van der Waals surface area contributed by atoms with Gasteiger partial charge in [-0.05, 0) is 37.6 Å². The molecule has 1 fully saturated rings. The maximum absolute atomic E-state index is 13.4. The molecule has 0 aliphatic carbocycles. The Balaban J connectivity index is 0.00000180. The fourth-order valence-corrected chi connectivity index (χ4v) is 3.28. The molecular formula is C11H15ClF2N2O2S. The average molecular weight is 313 g/mol. The third-order valence-corrected chi connectivity index (χ3v) is 4.34. The van der Waals surface area contributed by atoms with E-state index in [0.29, 0.717) is 19.0 Å². The van der Waals surface area contributed by atoms with E-state index in [4.69, 9.17) is 0 Å². The second-order valence-electron chi connectivity index (χ2n) is 4.24. The monoisotopic (exact) mass is 312 g/mol. The van der Waals surface area contributed by atoms with Gasteiger partial charge in [-0.2, -0.15) is 0 Å². The van der Waals surface area contributed by atoms with Gasteiger partial charge < -0.3 is 5.32 Å². The second-order valence-corrected chi connectivity index (χ2v) is 5.92. The van der Waals surface area contributed by atoms with Crippen LogP contribution in [-0.4, -0.2) is 27.5 Å². The van der Waals surface area contributed by atoms with E-state index in [9.17, 15) is 17.2 Å². The summed E-state index contributed by atoms with van der Waals surface area (Å²) in [7, 11) is -4.02. The third kappa shape index (κ3) is 4.10. The molecule has 108 valence electrons. The molecule has 4 nitrogen and oxygen atoms in total. The van der Waals surface area contributed by atoms with E-state index in [-0.39, 0.29) is 18.4 Å². The molecule has 8 heteroatoms. The molecule has 0 aromatic heterocycles. The Morgan fingerprint density at radius 3 is 2.68 bits per heavy atom. The number of hydrogen-bond acceptors (Lipinski definition) is 3. The van der Waals surface area contributed by atoms with Gasteiger partial charge in [-0.3, -0.25) is 0 Å². The summed E-state index contributed by atoms with van der Waals surface area (Å²) in [6, 6.07) is 2.10. The molecule has 2 rings (SSSR count). The summed E-state index contributed by atoms with van der Waals surface area (Å²) in [4.78, 5) is -0.645. The highest BCUT2D eigenvalue weighted by molar-refractivity contribution is 7.89. The van der Waals surface area contributed by atoms with Gasteiger partial charge in [-0.1, -0.05) is 0 Å². The van der Waals surface area contributed by atoms with Crippen LogP contribution in [0.5, 0.6) is 0 Å². The van der Waals surface area contributed by atoms with Gasteiger partial charge in [0.25, 0.3) is 0 Å². The van der Waals surface area contributed by atoms with E-state index >= 15 is 0 Å². The maximum atomic E-state index is 13.4. The zero-order valence-corrected chi connectivity index (χ0v) is 11.7. The van der Waals surface area contributed by atoms with Gasteiger partial charge in [0.2, 0.25) is 10.0 Å². The molecule has 1 aliphatic heterocycles. The van der Waals surface area contributed by atoms with Crippen LogP contribution < -0.4 is 10.0 Å². The summed E-state index contributed by atoms with van der Waals surface area (Å²) in [5.74, 6) is -1.73. The highest BCUT2D eigenvalue weighted by Gasteiger charge is 2.24. The molecular weight excluding hydrogens is 298 g/mol. The van der Waals surface area contributed by atoms with E-state index in [1.54, 1.807) is 0 Å². The van der Waals surface area contributed by atoms with Crippen molar-refractivity contribution in [3.8, 4) is 0 Å². The predicted molar refractivity (Wildman–Crippen MR) is 69.8 cm³/mol. The number of nitrogens with one attached hydrogen (secondary N) is 2. The second kappa shape index (κ2) is 6.60. The van der Waals surface area contributed by atoms with E-state index in [1.165, 1.54) is 0 Å². The smallest absolute Gasteiger partial charge is 0.243 e. The first-order chi connectivity index (χ1) is 8.49. The van der Waals surface area contributed by atoms with Crippen LogP contribution in [-0.2, 0) is 10.0 Å². The van der Waals surface area contributed by atoms with Gasteiger partial charge in [0.1, 0.15) is 16.5 Å².